The normalized spacial score (nSPS) is 23.4. The number of nitrogens with one attached hydrogen (secondary N) is 1. The van der Waals surface area contributed by atoms with Crippen LogP contribution in [0.1, 0.15) is 38.2 Å². The van der Waals surface area contributed by atoms with Crippen LogP contribution in [-0.4, -0.2) is 16.4 Å². The van der Waals surface area contributed by atoms with Crippen LogP contribution < -0.4 is 5.32 Å². The lowest BCUT2D eigenvalue weighted by Gasteiger charge is -2.31. The summed E-state index contributed by atoms with van der Waals surface area (Å²) in [6.07, 6.45) is 5.19. The molecule has 1 fully saturated rings. The standard InChI is InChI=1S/C15H19N3O/c1-10-5-3-4-6-13(10)16-11(2)12-7-8-14-15(9-12)18-19-17-14/h7-10,13,16H,2-6H2,1H3. The predicted octanol–water partition coefficient (Wildman–Crippen LogP) is 3.36. The molecule has 1 saturated carbocycles. The molecule has 100 valence electrons. The van der Waals surface area contributed by atoms with Gasteiger partial charge in [0.25, 0.3) is 0 Å². The Labute approximate surface area is 112 Å². The Hall–Kier alpha value is -1.84. The first-order valence-electron chi connectivity index (χ1n) is 6.92. The first-order chi connectivity index (χ1) is 9.24. The molecule has 2 atom stereocenters. The summed E-state index contributed by atoms with van der Waals surface area (Å²) in [5.41, 5.74) is 3.57. The smallest absolute Gasteiger partial charge is 0.135 e. The van der Waals surface area contributed by atoms with Crippen molar-refractivity contribution in [2.24, 2.45) is 5.92 Å². The van der Waals surface area contributed by atoms with Crippen molar-refractivity contribution in [3.63, 3.8) is 0 Å². The molecule has 2 unspecified atom stereocenters. The Morgan fingerprint density at radius 1 is 1.26 bits per heavy atom. The van der Waals surface area contributed by atoms with E-state index >= 15 is 0 Å². The van der Waals surface area contributed by atoms with E-state index in [4.69, 9.17) is 4.63 Å². The Balaban J connectivity index is 1.75. The first kappa shape index (κ1) is 12.2. The summed E-state index contributed by atoms with van der Waals surface area (Å²) in [4.78, 5) is 0. The van der Waals surface area contributed by atoms with Crippen molar-refractivity contribution in [2.75, 3.05) is 0 Å². The highest BCUT2D eigenvalue weighted by Gasteiger charge is 2.21. The fourth-order valence-electron chi connectivity index (χ4n) is 2.81. The van der Waals surface area contributed by atoms with E-state index in [9.17, 15) is 0 Å². The van der Waals surface area contributed by atoms with Gasteiger partial charge in [0.15, 0.2) is 0 Å². The van der Waals surface area contributed by atoms with Crippen LogP contribution in [0.25, 0.3) is 16.7 Å². The summed E-state index contributed by atoms with van der Waals surface area (Å²) in [7, 11) is 0. The third kappa shape index (κ3) is 2.48. The molecular formula is C15H19N3O. The maximum atomic E-state index is 4.72. The van der Waals surface area contributed by atoms with E-state index in [1.54, 1.807) is 0 Å². The van der Waals surface area contributed by atoms with Gasteiger partial charge >= 0.3 is 0 Å². The van der Waals surface area contributed by atoms with Crippen molar-refractivity contribution in [2.45, 2.75) is 38.6 Å². The molecule has 3 rings (SSSR count). The summed E-state index contributed by atoms with van der Waals surface area (Å²) in [5, 5.41) is 11.2. The van der Waals surface area contributed by atoms with Crippen molar-refractivity contribution in [1.29, 1.82) is 0 Å². The molecule has 0 aliphatic heterocycles. The van der Waals surface area contributed by atoms with E-state index in [0.717, 1.165) is 22.3 Å². The zero-order chi connectivity index (χ0) is 13.2. The van der Waals surface area contributed by atoms with Crippen LogP contribution in [0.4, 0.5) is 0 Å². The van der Waals surface area contributed by atoms with Crippen molar-refractivity contribution in [3.05, 3.63) is 30.3 Å². The van der Waals surface area contributed by atoms with E-state index in [1.165, 1.54) is 25.7 Å². The van der Waals surface area contributed by atoms with Crippen LogP contribution in [0.3, 0.4) is 0 Å². The molecular weight excluding hydrogens is 238 g/mol. The minimum Gasteiger partial charge on any atom is -0.382 e. The Kier molecular flexibility index (Phi) is 3.23. The maximum absolute atomic E-state index is 4.72. The molecule has 0 bridgehead atoms. The second-order valence-corrected chi connectivity index (χ2v) is 5.46. The zero-order valence-electron chi connectivity index (χ0n) is 11.2. The summed E-state index contributed by atoms with van der Waals surface area (Å²) >= 11 is 0. The van der Waals surface area contributed by atoms with E-state index in [0.29, 0.717) is 12.0 Å². The second-order valence-electron chi connectivity index (χ2n) is 5.46. The quantitative estimate of drug-likeness (QED) is 0.916. The number of fused-ring (bicyclic) bond motifs is 1. The van der Waals surface area contributed by atoms with Crippen LogP contribution in [0.5, 0.6) is 0 Å². The van der Waals surface area contributed by atoms with Gasteiger partial charge in [-0.3, -0.25) is 0 Å². The molecule has 1 aromatic carbocycles. The van der Waals surface area contributed by atoms with Crippen LogP contribution >= 0.6 is 0 Å². The van der Waals surface area contributed by atoms with Crippen molar-refractivity contribution < 1.29 is 4.63 Å². The van der Waals surface area contributed by atoms with Gasteiger partial charge in [-0.05, 0) is 46.8 Å². The maximum Gasteiger partial charge on any atom is 0.135 e. The number of nitrogens with zero attached hydrogens (tertiary/aromatic N) is 2. The van der Waals surface area contributed by atoms with Crippen molar-refractivity contribution in [1.82, 2.24) is 15.6 Å². The highest BCUT2D eigenvalue weighted by Crippen LogP contribution is 2.26. The topological polar surface area (TPSA) is 51.0 Å². The van der Waals surface area contributed by atoms with Gasteiger partial charge in [0.2, 0.25) is 0 Å². The van der Waals surface area contributed by atoms with E-state index in [-0.39, 0.29) is 0 Å². The van der Waals surface area contributed by atoms with Crippen LogP contribution in [0, 0.1) is 5.92 Å². The molecule has 1 aliphatic rings. The number of rotatable bonds is 3. The fraction of sp³-hybridized carbons (Fsp3) is 0.467. The molecule has 4 heteroatoms. The lowest BCUT2D eigenvalue weighted by Crippen LogP contribution is -2.35. The van der Waals surface area contributed by atoms with Gasteiger partial charge in [0.05, 0.1) is 0 Å². The van der Waals surface area contributed by atoms with E-state index < -0.39 is 0 Å². The van der Waals surface area contributed by atoms with E-state index in [2.05, 4.69) is 29.1 Å². The van der Waals surface area contributed by atoms with Gasteiger partial charge in [-0.2, -0.15) is 0 Å². The molecule has 1 heterocycles. The first-order valence-corrected chi connectivity index (χ1v) is 6.92. The lowest BCUT2D eigenvalue weighted by molar-refractivity contribution is 0.305. The minimum absolute atomic E-state index is 0.535. The largest absolute Gasteiger partial charge is 0.382 e. The molecule has 0 amide bonds. The molecule has 0 radical (unpaired) electrons. The van der Waals surface area contributed by atoms with Gasteiger partial charge in [-0.15, -0.1) is 0 Å². The molecule has 19 heavy (non-hydrogen) atoms. The molecule has 0 spiro atoms. The SMILES string of the molecule is C=C(NC1CCCCC1C)c1ccc2nonc2c1. The molecule has 4 nitrogen and oxygen atoms in total. The highest BCUT2D eigenvalue weighted by atomic mass is 16.6. The average Bonchev–Trinajstić information content (AvgIpc) is 2.88. The van der Waals surface area contributed by atoms with Crippen molar-refractivity contribution in [3.8, 4) is 0 Å². The van der Waals surface area contributed by atoms with Crippen LogP contribution in [0.15, 0.2) is 29.4 Å². The van der Waals surface area contributed by atoms with Crippen LogP contribution in [0.2, 0.25) is 0 Å². The Morgan fingerprint density at radius 2 is 2.05 bits per heavy atom. The predicted molar refractivity (Wildman–Crippen MR) is 75.4 cm³/mol. The number of benzene rings is 1. The minimum atomic E-state index is 0.535. The van der Waals surface area contributed by atoms with Gasteiger partial charge < -0.3 is 5.32 Å². The third-order valence-corrected chi connectivity index (χ3v) is 4.07. The Morgan fingerprint density at radius 3 is 2.89 bits per heavy atom. The number of hydrogen-bond acceptors (Lipinski definition) is 4. The van der Waals surface area contributed by atoms with Gasteiger partial charge in [0, 0.05) is 11.7 Å². The summed E-state index contributed by atoms with van der Waals surface area (Å²) < 4.78 is 4.72. The van der Waals surface area contributed by atoms with Gasteiger partial charge in [-0.25, -0.2) is 4.63 Å². The fourth-order valence-corrected chi connectivity index (χ4v) is 2.81. The molecule has 1 aliphatic carbocycles. The molecule has 2 aromatic rings. The highest BCUT2D eigenvalue weighted by molar-refractivity contribution is 5.78. The van der Waals surface area contributed by atoms with E-state index in [1.807, 2.05) is 18.2 Å². The zero-order valence-corrected chi connectivity index (χ0v) is 11.2. The third-order valence-electron chi connectivity index (χ3n) is 4.07. The second kappa shape index (κ2) is 5.03. The molecule has 0 saturated heterocycles. The summed E-state index contributed by atoms with van der Waals surface area (Å²) in [6, 6.07) is 6.43. The van der Waals surface area contributed by atoms with Gasteiger partial charge in [-0.1, -0.05) is 32.4 Å². The molecule has 1 aromatic heterocycles. The number of aromatic nitrogens is 2. The van der Waals surface area contributed by atoms with Crippen LogP contribution in [-0.2, 0) is 0 Å². The molecule has 1 N–H and O–H groups in total. The number of hydrogen-bond donors (Lipinski definition) is 1. The lowest BCUT2D eigenvalue weighted by atomic mass is 9.85. The summed E-state index contributed by atoms with van der Waals surface area (Å²) in [5.74, 6) is 0.711. The average molecular weight is 257 g/mol. The van der Waals surface area contributed by atoms with Crippen molar-refractivity contribution >= 4 is 16.7 Å². The monoisotopic (exact) mass is 257 g/mol. The van der Waals surface area contributed by atoms with Gasteiger partial charge in [0.1, 0.15) is 11.0 Å². The Bertz CT molecular complexity index is 590. The summed E-state index contributed by atoms with van der Waals surface area (Å²) in [6.45, 7) is 6.47.